The number of pyridine rings is 1. The van der Waals surface area contributed by atoms with E-state index in [-0.39, 0.29) is 11.0 Å². The molecule has 2 aromatic rings. The Morgan fingerprint density at radius 1 is 1.36 bits per heavy atom. The van der Waals surface area contributed by atoms with Crippen LogP contribution >= 0.6 is 0 Å². The van der Waals surface area contributed by atoms with E-state index < -0.39 is 8.32 Å². The monoisotopic (exact) mass is 320 g/mol. The third-order valence-electron chi connectivity index (χ3n) is 4.40. The van der Waals surface area contributed by atoms with Gasteiger partial charge in [0, 0.05) is 6.20 Å². The van der Waals surface area contributed by atoms with Gasteiger partial charge in [0.05, 0.1) is 25.4 Å². The summed E-state index contributed by atoms with van der Waals surface area (Å²) in [6.07, 6.45) is 3.37. The van der Waals surface area contributed by atoms with Crippen LogP contribution in [0.15, 0.2) is 24.5 Å². The van der Waals surface area contributed by atoms with Crippen LogP contribution in [-0.2, 0) is 15.8 Å². The van der Waals surface area contributed by atoms with Crippen LogP contribution < -0.4 is 0 Å². The summed E-state index contributed by atoms with van der Waals surface area (Å²) in [5.41, 5.74) is 2.24. The number of carbonyl (C=O) groups excluding carboxylic acids is 1. The van der Waals surface area contributed by atoms with Crippen molar-refractivity contribution in [2.24, 2.45) is 0 Å². The molecule has 6 heteroatoms. The zero-order chi connectivity index (χ0) is 16.5. The summed E-state index contributed by atoms with van der Waals surface area (Å²) in [7, 11) is -0.424. The number of fused-ring (bicyclic) bond motifs is 1. The summed E-state index contributed by atoms with van der Waals surface area (Å²) in [4.78, 5) is 11.7. The smallest absolute Gasteiger partial charge is 0.341 e. The van der Waals surface area contributed by atoms with Gasteiger partial charge in [-0.25, -0.2) is 9.31 Å². The third kappa shape index (κ3) is 3.23. The summed E-state index contributed by atoms with van der Waals surface area (Å²) in [5.74, 6) is -0.377. The number of rotatable bonds is 4. The Bertz CT molecular complexity index is 686. The molecule has 5 nitrogen and oxygen atoms in total. The summed E-state index contributed by atoms with van der Waals surface area (Å²) in [6, 6.07) is 3.90. The second kappa shape index (κ2) is 5.85. The van der Waals surface area contributed by atoms with E-state index in [0.717, 1.165) is 11.1 Å². The predicted molar refractivity (Wildman–Crippen MR) is 88.5 cm³/mol. The highest BCUT2D eigenvalue weighted by Crippen LogP contribution is 2.37. The maximum Gasteiger partial charge on any atom is 0.341 e. The van der Waals surface area contributed by atoms with E-state index in [1.54, 1.807) is 4.52 Å². The Morgan fingerprint density at radius 2 is 2.05 bits per heavy atom. The van der Waals surface area contributed by atoms with E-state index in [2.05, 4.69) is 39.0 Å². The zero-order valence-corrected chi connectivity index (χ0v) is 15.1. The second-order valence-corrected chi connectivity index (χ2v) is 11.8. The van der Waals surface area contributed by atoms with Gasteiger partial charge in [-0.1, -0.05) is 20.8 Å². The second-order valence-electron chi connectivity index (χ2n) is 6.96. The van der Waals surface area contributed by atoms with Crippen LogP contribution in [0.2, 0.25) is 18.1 Å². The molecule has 0 bridgehead atoms. The maximum absolute atomic E-state index is 11.7. The van der Waals surface area contributed by atoms with E-state index in [9.17, 15) is 4.79 Å². The van der Waals surface area contributed by atoms with Gasteiger partial charge in [0.1, 0.15) is 5.56 Å². The van der Waals surface area contributed by atoms with Gasteiger partial charge in [0.15, 0.2) is 8.32 Å². The molecule has 0 aromatic carbocycles. The number of ether oxygens (including phenoxy) is 1. The molecule has 22 heavy (non-hydrogen) atoms. The lowest BCUT2D eigenvalue weighted by Crippen LogP contribution is -2.40. The number of esters is 1. The molecular formula is C16H24N2O3Si. The van der Waals surface area contributed by atoms with Crippen LogP contribution in [0, 0.1) is 0 Å². The van der Waals surface area contributed by atoms with Gasteiger partial charge >= 0.3 is 5.97 Å². The Balaban J connectivity index is 2.24. The molecule has 2 rings (SSSR count). The molecule has 0 amide bonds. The van der Waals surface area contributed by atoms with Crippen molar-refractivity contribution in [3.8, 4) is 0 Å². The summed E-state index contributed by atoms with van der Waals surface area (Å²) in [5, 5.41) is 4.33. The number of hydrogen-bond donors (Lipinski definition) is 0. The zero-order valence-electron chi connectivity index (χ0n) is 14.1. The third-order valence-corrected chi connectivity index (χ3v) is 8.88. The Hall–Kier alpha value is -1.66. The number of nitrogens with zero attached hydrogens (tertiary/aromatic N) is 2. The van der Waals surface area contributed by atoms with Crippen molar-refractivity contribution in [3.63, 3.8) is 0 Å². The van der Waals surface area contributed by atoms with Crippen molar-refractivity contribution in [1.82, 2.24) is 9.61 Å². The van der Waals surface area contributed by atoms with Crippen molar-refractivity contribution in [3.05, 3.63) is 35.7 Å². The first-order valence-electron chi connectivity index (χ1n) is 7.34. The minimum absolute atomic E-state index is 0.172. The van der Waals surface area contributed by atoms with Crippen LogP contribution in [0.3, 0.4) is 0 Å². The summed E-state index contributed by atoms with van der Waals surface area (Å²) >= 11 is 0. The molecule has 0 radical (unpaired) electrons. The molecule has 0 spiro atoms. The van der Waals surface area contributed by atoms with Crippen LogP contribution in [-0.4, -0.2) is 31.0 Å². The van der Waals surface area contributed by atoms with E-state index in [1.165, 1.54) is 13.3 Å². The van der Waals surface area contributed by atoms with Crippen LogP contribution in [0.5, 0.6) is 0 Å². The number of aromatic nitrogens is 2. The highest BCUT2D eigenvalue weighted by atomic mass is 28.4. The molecule has 0 saturated heterocycles. The minimum atomic E-state index is -1.80. The van der Waals surface area contributed by atoms with Crippen molar-refractivity contribution in [2.45, 2.75) is 45.5 Å². The van der Waals surface area contributed by atoms with Gasteiger partial charge < -0.3 is 9.16 Å². The first-order chi connectivity index (χ1) is 10.2. The molecule has 0 atom stereocenters. The molecular weight excluding hydrogens is 296 g/mol. The molecule has 0 aliphatic rings. The van der Waals surface area contributed by atoms with Gasteiger partial charge in [-0.3, -0.25) is 0 Å². The molecule has 0 saturated carbocycles. The van der Waals surface area contributed by atoms with Gasteiger partial charge in [-0.2, -0.15) is 5.10 Å². The normalized spacial score (nSPS) is 12.6. The SMILES string of the molecule is COC(=O)c1cnn2ccc(CO[Si](C)(C)C(C)(C)C)cc12. The summed E-state index contributed by atoms with van der Waals surface area (Å²) in [6.45, 7) is 11.6. The van der Waals surface area contributed by atoms with Crippen LogP contribution in [0.25, 0.3) is 5.52 Å². The average molecular weight is 320 g/mol. The van der Waals surface area contributed by atoms with Gasteiger partial charge in [0.2, 0.25) is 0 Å². The van der Waals surface area contributed by atoms with E-state index in [1.807, 2.05) is 18.3 Å². The van der Waals surface area contributed by atoms with Gasteiger partial charge in [0.25, 0.3) is 0 Å². The number of methoxy groups -OCH3 is 1. The molecule has 0 N–H and O–H groups in total. The number of hydrogen-bond acceptors (Lipinski definition) is 4. The fourth-order valence-electron chi connectivity index (χ4n) is 1.86. The summed E-state index contributed by atoms with van der Waals surface area (Å²) < 4.78 is 12.7. The molecule has 2 heterocycles. The fraction of sp³-hybridized carbons (Fsp3) is 0.500. The first-order valence-corrected chi connectivity index (χ1v) is 10.2. The highest BCUT2D eigenvalue weighted by molar-refractivity contribution is 6.74. The minimum Gasteiger partial charge on any atom is -0.465 e. The van der Waals surface area contributed by atoms with E-state index in [4.69, 9.17) is 9.16 Å². The standard InChI is InChI=1S/C16H24N2O3Si/c1-16(2,3)22(5,6)21-11-12-7-8-18-14(9-12)13(10-17-18)15(19)20-4/h7-10H,11H2,1-6H3. The van der Waals surface area contributed by atoms with Crippen molar-refractivity contribution >= 4 is 19.8 Å². The van der Waals surface area contributed by atoms with Crippen LogP contribution in [0.4, 0.5) is 0 Å². The Morgan fingerprint density at radius 3 is 2.64 bits per heavy atom. The lowest BCUT2D eigenvalue weighted by molar-refractivity contribution is 0.0603. The van der Waals surface area contributed by atoms with E-state index >= 15 is 0 Å². The van der Waals surface area contributed by atoms with Crippen molar-refractivity contribution in [1.29, 1.82) is 0 Å². The maximum atomic E-state index is 11.7. The Labute approximate surface area is 132 Å². The molecule has 0 fully saturated rings. The number of carbonyl (C=O) groups is 1. The lowest BCUT2D eigenvalue weighted by atomic mass is 10.2. The van der Waals surface area contributed by atoms with Crippen molar-refractivity contribution in [2.75, 3.05) is 7.11 Å². The van der Waals surface area contributed by atoms with E-state index in [0.29, 0.717) is 12.2 Å². The van der Waals surface area contributed by atoms with Gasteiger partial charge in [-0.05, 0) is 35.8 Å². The van der Waals surface area contributed by atoms with Crippen LogP contribution in [0.1, 0.15) is 36.7 Å². The largest absolute Gasteiger partial charge is 0.465 e. The molecule has 2 aromatic heterocycles. The Kier molecular flexibility index (Phi) is 4.44. The lowest BCUT2D eigenvalue weighted by Gasteiger charge is -2.36. The highest BCUT2D eigenvalue weighted by Gasteiger charge is 2.37. The average Bonchev–Trinajstić information content (AvgIpc) is 2.86. The molecule has 0 aliphatic carbocycles. The molecule has 120 valence electrons. The van der Waals surface area contributed by atoms with Crippen molar-refractivity contribution < 1.29 is 14.0 Å². The van der Waals surface area contributed by atoms with Gasteiger partial charge in [-0.15, -0.1) is 0 Å². The fourth-order valence-corrected chi connectivity index (χ4v) is 2.82. The quantitative estimate of drug-likeness (QED) is 0.637. The molecule has 0 aliphatic heterocycles. The topological polar surface area (TPSA) is 52.8 Å². The first kappa shape index (κ1) is 16.7. The molecule has 0 unspecified atom stereocenters. The predicted octanol–water partition coefficient (Wildman–Crippen LogP) is 3.64.